The third kappa shape index (κ3) is 2.41. The number of hydrogen-bond donors (Lipinski definition) is 1. The lowest BCUT2D eigenvalue weighted by Gasteiger charge is -2.06. The minimum absolute atomic E-state index is 0.171. The molecule has 0 atom stereocenters. The van der Waals surface area contributed by atoms with Gasteiger partial charge in [0, 0.05) is 12.1 Å². The molecule has 88 valence electrons. The van der Waals surface area contributed by atoms with E-state index in [0.717, 1.165) is 12.6 Å². The number of nitrogens with zero attached hydrogens (tertiary/aromatic N) is 1. The first-order valence-corrected chi connectivity index (χ1v) is 5.37. The quantitative estimate of drug-likeness (QED) is 0.879. The predicted molar refractivity (Wildman–Crippen MR) is 63.8 cm³/mol. The number of rotatable bonds is 3. The van der Waals surface area contributed by atoms with Gasteiger partial charge in [0.2, 0.25) is 0 Å². The predicted octanol–water partition coefficient (Wildman–Crippen LogP) is 3.46. The molecule has 0 aliphatic heterocycles. The number of aromatic nitrogens is 1. The number of hydrogen-bond acceptors (Lipinski definition) is 2. The van der Waals surface area contributed by atoms with E-state index < -0.39 is 11.6 Å². The van der Waals surface area contributed by atoms with Gasteiger partial charge < -0.3 is 5.32 Å². The Bertz CT molecular complexity index is 527. The minimum atomic E-state index is -0.867. The standard InChI is InChI=1S/C13H12F2N2/c1-2-16-12-8-4-7-11(17-12)9-5-3-6-10(14)13(9)15/h3-8H,2H2,1H3,(H,16,17). The van der Waals surface area contributed by atoms with Gasteiger partial charge in [-0.1, -0.05) is 12.1 Å². The Balaban J connectivity index is 2.45. The van der Waals surface area contributed by atoms with Crippen molar-refractivity contribution in [1.82, 2.24) is 4.98 Å². The molecule has 0 aliphatic carbocycles. The van der Waals surface area contributed by atoms with Crippen LogP contribution in [0.4, 0.5) is 14.6 Å². The van der Waals surface area contributed by atoms with Crippen LogP contribution in [-0.2, 0) is 0 Å². The average molecular weight is 234 g/mol. The van der Waals surface area contributed by atoms with Gasteiger partial charge in [-0.3, -0.25) is 0 Å². The Kier molecular flexibility index (Phi) is 3.32. The Morgan fingerprint density at radius 1 is 1.12 bits per heavy atom. The summed E-state index contributed by atoms with van der Waals surface area (Å²) in [5.41, 5.74) is 0.588. The molecule has 0 saturated carbocycles. The van der Waals surface area contributed by atoms with Crippen molar-refractivity contribution in [3.8, 4) is 11.3 Å². The molecular formula is C13H12F2N2. The molecule has 0 unspecified atom stereocenters. The van der Waals surface area contributed by atoms with Crippen LogP contribution in [0.5, 0.6) is 0 Å². The van der Waals surface area contributed by atoms with E-state index in [1.165, 1.54) is 12.1 Å². The molecule has 0 amide bonds. The summed E-state index contributed by atoms with van der Waals surface area (Å²) in [5.74, 6) is -1.08. The van der Waals surface area contributed by atoms with Gasteiger partial charge in [-0.15, -0.1) is 0 Å². The minimum Gasteiger partial charge on any atom is -0.370 e. The zero-order valence-electron chi connectivity index (χ0n) is 9.37. The van der Waals surface area contributed by atoms with Crippen molar-refractivity contribution in [2.24, 2.45) is 0 Å². The van der Waals surface area contributed by atoms with Gasteiger partial charge in [-0.05, 0) is 31.2 Å². The van der Waals surface area contributed by atoms with Crippen LogP contribution in [0.15, 0.2) is 36.4 Å². The van der Waals surface area contributed by atoms with Crippen LogP contribution >= 0.6 is 0 Å². The molecule has 2 aromatic rings. The summed E-state index contributed by atoms with van der Waals surface area (Å²) < 4.78 is 26.7. The maximum absolute atomic E-state index is 13.6. The fourth-order valence-corrected chi connectivity index (χ4v) is 1.57. The first-order chi connectivity index (χ1) is 8.22. The van der Waals surface area contributed by atoms with Crippen molar-refractivity contribution in [1.29, 1.82) is 0 Å². The maximum Gasteiger partial charge on any atom is 0.168 e. The zero-order valence-corrected chi connectivity index (χ0v) is 9.37. The Morgan fingerprint density at radius 2 is 1.88 bits per heavy atom. The van der Waals surface area contributed by atoms with Crippen LogP contribution in [0.3, 0.4) is 0 Å². The van der Waals surface area contributed by atoms with Crippen LogP contribution in [0.1, 0.15) is 6.92 Å². The smallest absolute Gasteiger partial charge is 0.168 e. The second-order valence-electron chi connectivity index (χ2n) is 3.54. The van der Waals surface area contributed by atoms with Gasteiger partial charge in [0.15, 0.2) is 11.6 Å². The molecule has 1 N–H and O–H groups in total. The summed E-state index contributed by atoms with van der Waals surface area (Å²) in [7, 11) is 0. The van der Waals surface area contributed by atoms with Crippen LogP contribution < -0.4 is 5.32 Å². The van der Waals surface area contributed by atoms with E-state index in [9.17, 15) is 8.78 Å². The molecule has 0 bridgehead atoms. The topological polar surface area (TPSA) is 24.9 Å². The van der Waals surface area contributed by atoms with E-state index >= 15 is 0 Å². The van der Waals surface area contributed by atoms with E-state index in [-0.39, 0.29) is 5.56 Å². The molecule has 0 radical (unpaired) electrons. The number of nitrogens with one attached hydrogen (secondary N) is 1. The molecule has 4 heteroatoms. The number of halogens is 2. The summed E-state index contributed by atoms with van der Waals surface area (Å²) in [6.45, 7) is 2.67. The van der Waals surface area contributed by atoms with Gasteiger partial charge in [0.25, 0.3) is 0 Å². The first kappa shape index (κ1) is 11.5. The zero-order chi connectivity index (χ0) is 12.3. The first-order valence-electron chi connectivity index (χ1n) is 5.37. The maximum atomic E-state index is 13.6. The van der Waals surface area contributed by atoms with Crippen molar-refractivity contribution >= 4 is 5.82 Å². The highest BCUT2D eigenvalue weighted by Gasteiger charge is 2.10. The van der Waals surface area contributed by atoms with Crippen LogP contribution in [-0.4, -0.2) is 11.5 Å². The largest absolute Gasteiger partial charge is 0.370 e. The summed E-state index contributed by atoms with van der Waals surface area (Å²) >= 11 is 0. The average Bonchev–Trinajstić information content (AvgIpc) is 2.33. The fraction of sp³-hybridized carbons (Fsp3) is 0.154. The monoisotopic (exact) mass is 234 g/mol. The third-order valence-electron chi connectivity index (χ3n) is 2.33. The molecule has 1 heterocycles. The van der Waals surface area contributed by atoms with E-state index in [1.807, 2.05) is 6.92 Å². The van der Waals surface area contributed by atoms with E-state index in [1.54, 1.807) is 18.2 Å². The molecule has 2 nitrogen and oxygen atoms in total. The second kappa shape index (κ2) is 4.91. The van der Waals surface area contributed by atoms with Gasteiger partial charge in [0.05, 0.1) is 5.69 Å². The van der Waals surface area contributed by atoms with Gasteiger partial charge >= 0.3 is 0 Å². The summed E-state index contributed by atoms with van der Waals surface area (Å²) in [4.78, 5) is 4.22. The summed E-state index contributed by atoms with van der Waals surface area (Å²) in [5, 5.41) is 3.02. The van der Waals surface area contributed by atoms with Gasteiger partial charge in [0.1, 0.15) is 5.82 Å². The van der Waals surface area contributed by atoms with Crippen molar-refractivity contribution in [3.63, 3.8) is 0 Å². The van der Waals surface area contributed by atoms with Crippen molar-refractivity contribution in [2.45, 2.75) is 6.92 Å². The van der Waals surface area contributed by atoms with Crippen LogP contribution in [0.25, 0.3) is 11.3 Å². The Morgan fingerprint density at radius 3 is 2.65 bits per heavy atom. The van der Waals surface area contributed by atoms with Crippen LogP contribution in [0.2, 0.25) is 0 Å². The highest BCUT2D eigenvalue weighted by atomic mass is 19.2. The van der Waals surface area contributed by atoms with E-state index in [2.05, 4.69) is 10.3 Å². The van der Waals surface area contributed by atoms with Crippen molar-refractivity contribution < 1.29 is 8.78 Å². The molecule has 0 aliphatic rings. The molecular weight excluding hydrogens is 222 g/mol. The van der Waals surface area contributed by atoms with Crippen LogP contribution in [0, 0.1) is 11.6 Å². The normalized spacial score (nSPS) is 10.3. The fourth-order valence-electron chi connectivity index (χ4n) is 1.57. The van der Waals surface area contributed by atoms with Crippen molar-refractivity contribution in [2.75, 3.05) is 11.9 Å². The number of anilines is 1. The highest BCUT2D eigenvalue weighted by molar-refractivity contribution is 5.62. The summed E-state index contributed by atoms with van der Waals surface area (Å²) in [6.07, 6.45) is 0. The lowest BCUT2D eigenvalue weighted by molar-refractivity contribution is 0.511. The molecule has 17 heavy (non-hydrogen) atoms. The highest BCUT2D eigenvalue weighted by Crippen LogP contribution is 2.23. The lowest BCUT2D eigenvalue weighted by atomic mass is 10.1. The number of pyridine rings is 1. The lowest BCUT2D eigenvalue weighted by Crippen LogP contribution is -2.00. The Hall–Kier alpha value is -1.97. The molecule has 1 aromatic heterocycles. The summed E-state index contributed by atoms with van der Waals surface area (Å²) in [6, 6.07) is 9.26. The van der Waals surface area contributed by atoms with E-state index in [0.29, 0.717) is 11.5 Å². The number of benzene rings is 1. The SMILES string of the molecule is CCNc1cccc(-c2cccc(F)c2F)n1. The van der Waals surface area contributed by atoms with Gasteiger partial charge in [-0.25, -0.2) is 13.8 Å². The Labute approximate surface area is 98.3 Å². The molecule has 0 spiro atoms. The third-order valence-corrected chi connectivity index (χ3v) is 2.33. The molecule has 1 aromatic carbocycles. The van der Waals surface area contributed by atoms with E-state index in [4.69, 9.17) is 0 Å². The molecule has 2 rings (SSSR count). The second-order valence-corrected chi connectivity index (χ2v) is 3.54. The molecule has 0 saturated heterocycles. The van der Waals surface area contributed by atoms with Crippen molar-refractivity contribution in [3.05, 3.63) is 48.0 Å². The van der Waals surface area contributed by atoms with Gasteiger partial charge in [-0.2, -0.15) is 0 Å². The molecule has 0 fully saturated rings.